The van der Waals surface area contributed by atoms with Crippen LogP contribution in [0.4, 0.5) is 0 Å². The second-order valence-corrected chi connectivity index (χ2v) is 4.34. The standard InChI is InChI=1S/C10H19NO2/c1-6(2)9(12)10(13)7-3-4-8(11)5-7/h6-8,10,13H,3-5,11H2,1-2H3. The van der Waals surface area contributed by atoms with Gasteiger partial charge in [-0.05, 0) is 25.2 Å². The van der Waals surface area contributed by atoms with E-state index in [2.05, 4.69) is 0 Å². The Balaban J connectivity index is 2.48. The van der Waals surface area contributed by atoms with Gasteiger partial charge in [-0.3, -0.25) is 4.79 Å². The second kappa shape index (κ2) is 4.20. The quantitative estimate of drug-likeness (QED) is 0.680. The van der Waals surface area contributed by atoms with E-state index in [0.29, 0.717) is 0 Å². The molecule has 0 spiro atoms. The summed E-state index contributed by atoms with van der Waals surface area (Å²) in [4.78, 5) is 11.4. The first-order valence-corrected chi connectivity index (χ1v) is 4.99. The van der Waals surface area contributed by atoms with Crippen molar-refractivity contribution in [2.45, 2.75) is 45.3 Å². The maximum absolute atomic E-state index is 11.4. The summed E-state index contributed by atoms with van der Waals surface area (Å²) in [6, 6.07) is 0.180. The molecule has 3 atom stereocenters. The third kappa shape index (κ3) is 2.51. The zero-order valence-electron chi connectivity index (χ0n) is 8.36. The molecule has 1 fully saturated rings. The molecule has 76 valence electrons. The van der Waals surface area contributed by atoms with E-state index in [1.807, 2.05) is 13.8 Å². The molecule has 0 amide bonds. The fourth-order valence-corrected chi connectivity index (χ4v) is 1.91. The van der Waals surface area contributed by atoms with Crippen molar-refractivity contribution in [3.63, 3.8) is 0 Å². The Bertz CT molecular complexity index is 191. The Morgan fingerprint density at radius 1 is 1.46 bits per heavy atom. The summed E-state index contributed by atoms with van der Waals surface area (Å²) < 4.78 is 0. The Labute approximate surface area is 79.3 Å². The highest BCUT2D eigenvalue weighted by atomic mass is 16.3. The molecule has 0 aromatic rings. The van der Waals surface area contributed by atoms with Gasteiger partial charge in [-0.2, -0.15) is 0 Å². The lowest BCUT2D eigenvalue weighted by Gasteiger charge is -2.18. The van der Waals surface area contributed by atoms with Crippen molar-refractivity contribution in [1.29, 1.82) is 0 Å². The van der Waals surface area contributed by atoms with Crippen molar-refractivity contribution < 1.29 is 9.90 Å². The molecule has 0 radical (unpaired) electrons. The fraction of sp³-hybridized carbons (Fsp3) is 0.900. The number of hydrogen-bond acceptors (Lipinski definition) is 3. The molecular formula is C10H19NO2. The van der Waals surface area contributed by atoms with Crippen molar-refractivity contribution >= 4 is 5.78 Å². The van der Waals surface area contributed by atoms with Crippen LogP contribution in [0.1, 0.15) is 33.1 Å². The first kappa shape index (κ1) is 10.7. The largest absolute Gasteiger partial charge is 0.385 e. The zero-order chi connectivity index (χ0) is 10.0. The molecule has 13 heavy (non-hydrogen) atoms. The molecule has 0 aromatic carbocycles. The van der Waals surface area contributed by atoms with Crippen molar-refractivity contribution in [2.24, 2.45) is 17.6 Å². The monoisotopic (exact) mass is 185 g/mol. The SMILES string of the molecule is CC(C)C(=O)C(O)C1CCC(N)C1. The maximum Gasteiger partial charge on any atom is 0.164 e. The van der Waals surface area contributed by atoms with E-state index in [9.17, 15) is 9.90 Å². The number of rotatable bonds is 3. The lowest BCUT2D eigenvalue weighted by atomic mass is 9.92. The van der Waals surface area contributed by atoms with Crippen molar-refractivity contribution in [1.82, 2.24) is 0 Å². The molecule has 1 aliphatic carbocycles. The van der Waals surface area contributed by atoms with Gasteiger partial charge in [0.2, 0.25) is 0 Å². The molecule has 0 aromatic heterocycles. The van der Waals surface area contributed by atoms with Gasteiger partial charge in [0.1, 0.15) is 6.10 Å². The number of carbonyl (C=O) groups is 1. The van der Waals surface area contributed by atoms with E-state index in [0.717, 1.165) is 19.3 Å². The van der Waals surface area contributed by atoms with Gasteiger partial charge in [0.15, 0.2) is 5.78 Å². The lowest BCUT2D eigenvalue weighted by molar-refractivity contribution is -0.132. The summed E-state index contributed by atoms with van der Waals surface area (Å²) in [5.74, 6) is -0.0178. The van der Waals surface area contributed by atoms with Gasteiger partial charge >= 0.3 is 0 Å². The summed E-state index contributed by atoms with van der Waals surface area (Å²) in [5.41, 5.74) is 5.72. The Morgan fingerprint density at radius 3 is 2.46 bits per heavy atom. The first-order valence-electron chi connectivity index (χ1n) is 4.99. The molecule has 1 rings (SSSR count). The average molecular weight is 185 g/mol. The third-order valence-electron chi connectivity index (χ3n) is 2.82. The third-order valence-corrected chi connectivity index (χ3v) is 2.82. The highest BCUT2D eigenvalue weighted by Gasteiger charge is 2.32. The molecule has 3 nitrogen and oxygen atoms in total. The summed E-state index contributed by atoms with van der Waals surface area (Å²) >= 11 is 0. The summed E-state index contributed by atoms with van der Waals surface area (Å²) in [5, 5.41) is 9.70. The zero-order valence-corrected chi connectivity index (χ0v) is 8.36. The number of carbonyl (C=O) groups excluding carboxylic acids is 1. The summed E-state index contributed by atoms with van der Waals surface area (Å²) in [7, 11) is 0. The predicted octanol–water partition coefficient (Wildman–Crippen LogP) is 0.700. The van der Waals surface area contributed by atoms with Crippen LogP contribution in [0.15, 0.2) is 0 Å². The molecular weight excluding hydrogens is 166 g/mol. The van der Waals surface area contributed by atoms with E-state index < -0.39 is 6.10 Å². The number of Topliss-reactive ketones (excluding diaryl/α,β-unsaturated/α-hetero) is 1. The van der Waals surface area contributed by atoms with Gasteiger partial charge in [0.05, 0.1) is 0 Å². The molecule has 1 aliphatic rings. The van der Waals surface area contributed by atoms with Gasteiger partial charge in [-0.15, -0.1) is 0 Å². The van der Waals surface area contributed by atoms with E-state index in [1.165, 1.54) is 0 Å². The first-order chi connectivity index (χ1) is 6.02. The van der Waals surface area contributed by atoms with Crippen molar-refractivity contribution in [3.05, 3.63) is 0 Å². The number of aliphatic hydroxyl groups excluding tert-OH is 1. The topological polar surface area (TPSA) is 63.3 Å². The van der Waals surface area contributed by atoms with E-state index >= 15 is 0 Å². The minimum absolute atomic E-state index is 0.0425. The van der Waals surface area contributed by atoms with Gasteiger partial charge in [-0.25, -0.2) is 0 Å². The van der Waals surface area contributed by atoms with Crippen LogP contribution in [-0.4, -0.2) is 23.0 Å². The smallest absolute Gasteiger partial charge is 0.164 e. The molecule has 3 N–H and O–H groups in total. The van der Waals surface area contributed by atoms with Gasteiger partial charge in [0.25, 0.3) is 0 Å². The van der Waals surface area contributed by atoms with E-state index in [-0.39, 0.29) is 23.7 Å². The minimum Gasteiger partial charge on any atom is -0.385 e. The highest BCUT2D eigenvalue weighted by Crippen LogP contribution is 2.28. The van der Waals surface area contributed by atoms with Crippen LogP contribution in [-0.2, 0) is 4.79 Å². The normalized spacial score (nSPS) is 30.8. The van der Waals surface area contributed by atoms with Gasteiger partial charge in [0, 0.05) is 12.0 Å². The van der Waals surface area contributed by atoms with Crippen LogP contribution < -0.4 is 5.73 Å². The summed E-state index contributed by atoms with van der Waals surface area (Å²) in [6.07, 6.45) is 1.83. The molecule has 3 unspecified atom stereocenters. The second-order valence-electron chi connectivity index (χ2n) is 4.34. The number of aliphatic hydroxyl groups is 1. The molecule has 0 aliphatic heterocycles. The minimum atomic E-state index is -0.784. The molecule has 0 heterocycles. The van der Waals surface area contributed by atoms with Crippen LogP contribution in [0.5, 0.6) is 0 Å². The Morgan fingerprint density at radius 2 is 2.08 bits per heavy atom. The predicted molar refractivity (Wildman–Crippen MR) is 51.2 cm³/mol. The van der Waals surface area contributed by atoms with Crippen molar-refractivity contribution in [2.75, 3.05) is 0 Å². The van der Waals surface area contributed by atoms with Crippen LogP contribution in [0.2, 0.25) is 0 Å². The van der Waals surface area contributed by atoms with Gasteiger partial charge < -0.3 is 10.8 Å². The van der Waals surface area contributed by atoms with Crippen LogP contribution in [0, 0.1) is 11.8 Å². The molecule has 3 heteroatoms. The van der Waals surface area contributed by atoms with E-state index in [4.69, 9.17) is 5.73 Å². The molecule has 0 saturated heterocycles. The Kier molecular flexibility index (Phi) is 3.45. The van der Waals surface area contributed by atoms with Crippen LogP contribution >= 0.6 is 0 Å². The number of nitrogens with two attached hydrogens (primary N) is 1. The highest BCUT2D eigenvalue weighted by molar-refractivity contribution is 5.84. The van der Waals surface area contributed by atoms with Crippen LogP contribution in [0.25, 0.3) is 0 Å². The number of hydrogen-bond donors (Lipinski definition) is 2. The van der Waals surface area contributed by atoms with Crippen molar-refractivity contribution in [3.8, 4) is 0 Å². The molecule has 0 bridgehead atoms. The van der Waals surface area contributed by atoms with Crippen LogP contribution in [0.3, 0.4) is 0 Å². The lowest BCUT2D eigenvalue weighted by Crippen LogP contribution is -2.32. The Hall–Kier alpha value is -0.410. The average Bonchev–Trinajstić information content (AvgIpc) is 2.49. The van der Waals surface area contributed by atoms with Gasteiger partial charge in [-0.1, -0.05) is 13.8 Å². The maximum atomic E-state index is 11.4. The summed E-state index contributed by atoms with van der Waals surface area (Å²) in [6.45, 7) is 3.64. The molecule has 1 saturated carbocycles. The number of ketones is 1. The fourth-order valence-electron chi connectivity index (χ4n) is 1.91. The van der Waals surface area contributed by atoms with E-state index in [1.54, 1.807) is 0 Å².